The van der Waals surface area contributed by atoms with Gasteiger partial charge in [-0.3, -0.25) is 4.90 Å². The Morgan fingerprint density at radius 2 is 1.93 bits per heavy atom. The quantitative estimate of drug-likeness (QED) is 0.434. The molecule has 0 radical (unpaired) electrons. The number of ether oxygens (including phenoxy) is 2. The van der Waals surface area contributed by atoms with E-state index >= 15 is 0 Å². The van der Waals surface area contributed by atoms with Gasteiger partial charge in [-0.05, 0) is 45.7 Å². The number of benzene rings is 1. The highest BCUT2D eigenvalue weighted by atomic mass is 32.2. The van der Waals surface area contributed by atoms with Gasteiger partial charge in [0, 0.05) is 24.2 Å². The number of halogens is 2. The van der Waals surface area contributed by atoms with Crippen LogP contribution in [0.1, 0.15) is 45.0 Å². The molecule has 6 rings (SSSR count). The van der Waals surface area contributed by atoms with Gasteiger partial charge >= 0.3 is 6.09 Å². The van der Waals surface area contributed by atoms with E-state index in [4.69, 9.17) is 9.47 Å². The van der Waals surface area contributed by atoms with Gasteiger partial charge in [0.2, 0.25) is 15.2 Å². The molecule has 1 saturated carbocycles. The number of morpholine rings is 1. The summed E-state index contributed by atoms with van der Waals surface area (Å²) < 4.78 is 68.8. The van der Waals surface area contributed by atoms with E-state index < -0.39 is 38.7 Å². The van der Waals surface area contributed by atoms with Crippen LogP contribution in [0.2, 0.25) is 0 Å². The average molecular weight is 623 g/mol. The van der Waals surface area contributed by atoms with Crippen LogP contribution in [0.3, 0.4) is 0 Å². The van der Waals surface area contributed by atoms with Crippen LogP contribution in [0.15, 0.2) is 23.2 Å². The number of nitrogens with one attached hydrogen (secondary N) is 1. The van der Waals surface area contributed by atoms with Gasteiger partial charge in [0.15, 0.2) is 5.01 Å². The number of carbonyl (C=O) groups is 1. The fraction of sp³-hybridized carbons (Fsp3) is 0.560. The summed E-state index contributed by atoms with van der Waals surface area (Å²) in [5, 5.41) is 21.3. The first-order chi connectivity index (χ1) is 19.8. The number of anilines is 1. The normalized spacial score (nSPS) is 21.9. The minimum Gasteiger partial charge on any atom is -0.444 e. The third kappa shape index (κ3) is 5.27. The van der Waals surface area contributed by atoms with E-state index in [9.17, 15) is 27.3 Å². The summed E-state index contributed by atoms with van der Waals surface area (Å²) in [4.78, 5) is 16.6. The van der Waals surface area contributed by atoms with Crippen LogP contribution in [0.25, 0.3) is 16.0 Å². The molecular weight excluding hydrogens is 594 g/mol. The molecule has 1 aromatic carbocycles. The largest absolute Gasteiger partial charge is 0.444 e. The Labute approximate surface area is 244 Å². The number of carbonyl (C=O) groups excluding carboxylic acids is 1. The van der Waals surface area contributed by atoms with Crippen LogP contribution in [-0.2, 0) is 19.5 Å². The zero-order chi connectivity index (χ0) is 30.0. The Kier molecular flexibility index (Phi) is 6.87. The average Bonchev–Trinajstić information content (AvgIpc) is 3.29. The van der Waals surface area contributed by atoms with Gasteiger partial charge in [0.1, 0.15) is 11.1 Å². The summed E-state index contributed by atoms with van der Waals surface area (Å²) in [6.45, 7) is 6.53. The highest BCUT2D eigenvalue weighted by Crippen LogP contribution is 2.39. The van der Waals surface area contributed by atoms with Gasteiger partial charge in [-0.15, -0.1) is 10.2 Å². The summed E-state index contributed by atoms with van der Waals surface area (Å²) in [6, 6.07) is 4.17. The summed E-state index contributed by atoms with van der Waals surface area (Å²) in [6.07, 6.45) is -0.962. The van der Waals surface area contributed by atoms with Crippen molar-refractivity contribution in [3.63, 3.8) is 0 Å². The van der Waals surface area contributed by atoms with E-state index in [0.29, 0.717) is 53.9 Å². The fourth-order valence-corrected chi connectivity index (χ4v) is 7.29. The molecule has 13 nitrogen and oxygen atoms in total. The molecule has 17 heteroatoms. The molecule has 4 heterocycles. The predicted molar refractivity (Wildman–Crippen MR) is 146 cm³/mol. The first-order valence-electron chi connectivity index (χ1n) is 13.2. The summed E-state index contributed by atoms with van der Waals surface area (Å²) in [5.74, 6) is 0. The number of rotatable bonds is 6. The predicted octanol–water partition coefficient (Wildman–Crippen LogP) is 2.97. The number of fused-ring (bicyclic) bond motifs is 3. The van der Waals surface area contributed by atoms with Gasteiger partial charge < -0.3 is 14.4 Å². The van der Waals surface area contributed by atoms with E-state index in [1.54, 1.807) is 25.7 Å². The number of aromatic nitrogens is 4. The van der Waals surface area contributed by atoms with Gasteiger partial charge in [0.25, 0.3) is 6.43 Å². The lowest BCUT2D eigenvalue weighted by Crippen LogP contribution is -2.66. The number of sulfonamides is 1. The maximum Gasteiger partial charge on any atom is 0.411 e. The van der Waals surface area contributed by atoms with Gasteiger partial charge in [-0.25, -0.2) is 26.7 Å². The van der Waals surface area contributed by atoms with Gasteiger partial charge in [-0.2, -0.15) is 15.1 Å². The molecule has 1 amide bonds. The second-order valence-corrected chi connectivity index (χ2v) is 14.3. The van der Waals surface area contributed by atoms with Crippen LogP contribution in [-0.4, -0.2) is 88.9 Å². The molecule has 1 N–H and O–H groups in total. The van der Waals surface area contributed by atoms with Crippen LogP contribution in [0.5, 0.6) is 0 Å². The molecule has 3 aromatic rings. The van der Waals surface area contributed by atoms with Crippen molar-refractivity contribution < 1.29 is 31.5 Å². The van der Waals surface area contributed by atoms with Crippen molar-refractivity contribution >= 4 is 44.0 Å². The minimum absolute atomic E-state index is 0.0458. The standard InChI is InChI=1S/C25H28F2N8O5S2/c1-24(2,3)40-23(36)34-14-9-33(10-15(34)12-39-11-14)18-6-16(42(37,38)32-25(13-28)4-5-25)7-19-17(18)8-29-35(19)22-31-30-21(41-22)20(26)27/h6-8,14-15,20,32H,4-5,9-12H2,1-3H3. The van der Waals surface area contributed by atoms with Crippen LogP contribution >= 0.6 is 11.3 Å². The molecule has 0 spiro atoms. The lowest BCUT2D eigenvalue weighted by Gasteiger charge is -2.50. The third-order valence-electron chi connectivity index (χ3n) is 7.26. The zero-order valence-electron chi connectivity index (χ0n) is 23.0. The molecule has 42 heavy (non-hydrogen) atoms. The number of nitriles is 1. The molecule has 1 aliphatic carbocycles. The third-order valence-corrected chi connectivity index (χ3v) is 9.68. The first kappa shape index (κ1) is 28.6. The molecular formula is C25H28F2N8O5S2. The maximum atomic E-state index is 13.5. The molecule has 2 aliphatic heterocycles. The SMILES string of the molecule is CC(C)(C)OC(=O)N1C2COCC1CN(c1cc(S(=O)(=O)NC3(C#N)CC3)cc3c1cnn3-c1nnc(C(F)F)s1)C2. The fourth-order valence-electron chi connectivity index (χ4n) is 5.20. The summed E-state index contributed by atoms with van der Waals surface area (Å²) >= 11 is 0.645. The van der Waals surface area contributed by atoms with Crippen molar-refractivity contribution in [2.24, 2.45) is 0 Å². The smallest absolute Gasteiger partial charge is 0.411 e. The molecule has 2 bridgehead atoms. The summed E-state index contributed by atoms with van der Waals surface area (Å²) in [7, 11) is -4.17. The molecule has 2 saturated heterocycles. The Balaban J connectivity index is 1.42. The second kappa shape index (κ2) is 10.1. The number of amides is 1. The highest BCUT2D eigenvalue weighted by molar-refractivity contribution is 7.89. The molecule has 3 aliphatic rings. The summed E-state index contributed by atoms with van der Waals surface area (Å²) in [5.41, 5.74) is -1.02. The van der Waals surface area contributed by atoms with Crippen LogP contribution in [0, 0.1) is 11.3 Å². The van der Waals surface area contributed by atoms with Crippen molar-refractivity contribution in [2.45, 2.75) is 68.2 Å². The van der Waals surface area contributed by atoms with Crippen molar-refractivity contribution in [1.82, 2.24) is 29.6 Å². The minimum atomic E-state index is -4.17. The Morgan fingerprint density at radius 1 is 1.24 bits per heavy atom. The number of alkyl halides is 2. The van der Waals surface area contributed by atoms with E-state index in [1.165, 1.54) is 23.0 Å². The number of nitrogens with zero attached hydrogens (tertiary/aromatic N) is 7. The van der Waals surface area contributed by atoms with Crippen molar-refractivity contribution in [1.29, 1.82) is 5.26 Å². The lowest BCUT2D eigenvalue weighted by atomic mass is 10.0. The highest BCUT2D eigenvalue weighted by Gasteiger charge is 2.47. The van der Waals surface area contributed by atoms with E-state index in [2.05, 4.69) is 20.0 Å². The molecule has 224 valence electrons. The second-order valence-electron chi connectivity index (χ2n) is 11.6. The molecule has 2 unspecified atom stereocenters. The van der Waals surface area contributed by atoms with Crippen LogP contribution < -0.4 is 9.62 Å². The number of hydrogen-bond acceptors (Lipinski definition) is 11. The van der Waals surface area contributed by atoms with Crippen molar-refractivity contribution in [3.05, 3.63) is 23.3 Å². The first-order valence-corrected chi connectivity index (χ1v) is 15.5. The van der Waals surface area contributed by atoms with Crippen molar-refractivity contribution in [2.75, 3.05) is 31.2 Å². The van der Waals surface area contributed by atoms with Gasteiger partial charge in [-0.1, -0.05) is 11.3 Å². The van der Waals surface area contributed by atoms with E-state index in [1.807, 2.05) is 11.0 Å². The number of hydrogen-bond donors (Lipinski definition) is 1. The lowest BCUT2D eigenvalue weighted by molar-refractivity contribution is -0.0664. The Morgan fingerprint density at radius 3 is 2.50 bits per heavy atom. The monoisotopic (exact) mass is 622 g/mol. The Hall–Kier alpha value is -3.46. The van der Waals surface area contributed by atoms with Crippen LogP contribution in [0.4, 0.5) is 19.3 Å². The molecule has 2 atom stereocenters. The topological polar surface area (TPSA) is 156 Å². The maximum absolute atomic E-state index is 13.5. The van der Waals surface area contributed by atoms with E-state index in [-0.39, 0.29) is 35.3 Å². The number of piperazine rings is 1. The van der Waals surface area contributed by atoms with E-state index in [0.717, 1.165) is 0 Å². The van der Waals surface area contributed by atoms with Gasteiger partial charge in [0.05, 0.1) is 48.0 Å². The molecule has 2 aromatic heterocycles. The molecule has 3 fully saturated rings. The zero-order valence-corrected chi connectivity index (χ0v) is 24.6. The van der Waals surface area contributed by atoms with Crippen molar-refractivity contribution in [3.8, 4) is 11.2 Å². The Bertz CT molecular complexity index is 1680.